The first-order valence-electron chi connectivity index (χ1n) is 5.82. The minimum atomic E-state index is 0.0162. The Kier molecular flexibility index (Phi) is 3.69. The lowest BCUT2D eigenvalue weighted by Gasteiger charge is -2.31. The Hall–Kier alpha value is -1.91. The fraction of sp³-hybridized carbons (Fsp3) is 0.462. The number of hydrogen-bond donors (Lipinski definition) is 0. The van der Waals surface area contributed by atoms with Gasteiger partial charge < -0.3 is 0 Å². The first-order valence-corrected chi connectivity index (χ1v) is 5.82. The fourth-order valence-corrected chi connectivity index (χ4v) is 2.19. The second-order valence-corrected chi connectivity index (χ2v) is 4.27. The second kappa shape index (κ2) is 5.43. The van der Waals surface area contributed by atoms with Crippen LogP contribution in [0.2, 0.25) is 0 Å². The fourth-order valence-electron chi connectivity index (χ4n) is 2.19. The van der Waals surface area contributed by atoms with E-state index in [0.717, 1.165) is 37.9 Å². The highest BCUT2D eigenvalue weighted by Crippen LogP contribution is 2.19. The Morgan fingerprint density at radius 2 is 2.29 bits per heavy atom. The highest BCUT2D eigenvalue weighted by atomic mass is 15.2. The monoisotopic (exact) mass is 226 g/mol. The number of likely N-dealkylation sites (tertiary alicyclic amines) is 1. The van der Waals surface area contributed by atoms with Crippen LogP contribution in [0.5, 0.6) is 0 Å². The molecular formula is C13H14N4. The molecule has 0 bridgehead atoms. The third-order valence-electron chi connectivity index (χ3n) is 3.09. The minimum absolute atomic E-state index is 0.0162. The van der Waals surface area contributed by atoms with Gasteiger partial charge in [0.1, 0.15) is 11.8 Å². The normalized spacial score (nSPS) is 20.5. The molecule has 1 saturated heterocycles. The van der Waals surface area contributed by atoms with Gasteiger partial charge in [0.05, 0.1) is 12.1 Å². The zero-order chi connectivity index (χ0) is 12.1. The lowest BCUT2D eigenvalue weighted by Crippen LogP contribution is -2.37. The van der Waals surface area contributed by atoms with E-state index in [9.17, 15) is 0 Å². The van der Waals surface area contributed by atoms with Crippen molar-refractivity contribution >= 4 is 0 Å². The van der Waals surface area contributed by atoms with Gasteiger partial charge >= 0.3 is 0 Å². The molecule has 0 radical (unpaired) electrons. The summed E-state index contributed by atoms with van der Waals surface area (Å²) in [4.78, 5) is 6.13. The van der Waals surface area contributed by atoms with Crippen molar-refractivity contribution in [2.45, 2.75) is 31.8 Å². The Bertz CT molecular complexity index is 469. The van der Waals surface area contributed by atoms with Gasteiger partial charge in [0.2, 0.25) is 0 Å². The van der Waals surface area contributed by atoms with Crippen LogP contribution >= 0.6 is 0 Å². The van der Waals surface area contributed by atoms with Gasteiger partial charge in [-0.25, -0.2) is 4.98 Å². The standard InChI is InChI=1S/C13H14N4/c14-8-12-7-11(4-5-16-12)10-17-6-2-1-3-13(17)9-15/h4-5,7,13H,1-3,6,10H2. The highest BCUT2D eigenvalue weighted by molar-refractivity contribution is 5.25. The molecule has 1 aliphatic heterocycles. The molecule has 0 aliphatic carbocycles. The second-order valence-electron chi connectivity index (χ2n) is 4.27. The summed E-state index contributed by atoms with van der Waals surface area (Å²) in [7, 11) is 0. The quantitative estimate of drug-likeness (QED) is 0.771. The predicted molar refractivity (Wildman–Crippen MR) is 62.6 cm³/mol. The van der Waals surface area contributed by atoms with E-state index in [1.54, 1.807) is 12.3 Å². The van der Waals surface area contributed by atoms with Crippen molar-refractivity contribution in [2.24, 2.45) is 0 Å². The zero-order valence-corrected chi connectivity index (χ0v) is 9.63. The van der Waals surface area contributed by atoms with Crippen LogP contribution in [0, 0.1) is 22.7 Å². The molecule has 1 aromatic rings. The number of hydrogen-bond acceptors (Lipinski definition) is 4. The summed E-state index contributed by atoms with van der Waals surface area (Å²) >= 11 is 0. The summed E-state index contributed by atoms with van der Waals surface area (Å²) in [6, 6.07) is 8.10. The van der Waals surface area contributed by atoms with Crippen molar-refractivity contribution in [1.82, 2.24) is 9.88 Å². The average molecular weight is 226 g/mol. The number of piperidine rings is 1. The van der Waals surface area contributed by atoms with Crippen LogP contribution in [0.4, 0.5) is 0 Å². The molecule has 1 aliphatic rings. The number of aromatic nitrogens is 1. The van der Waals surface area contributed by atoms with Crippen molar-refractivity contribution in [3.63, 3.8) is 0 Å². The van der Waals surface area contributed by atoms with E-state index in [4.69, 9.17) is 10.5 Å². The summed E-state index contributed by atoms with van der Waals surface area (Å²) in [6.07, 6.45) is 4.88. The van der Waals surface area contributed by atoms with Gasteiger partial charge in [0.25, 0.3) is 0 Å². The van der Waals surface area contributed by atoms with Gasteiger partial charge in [-0.1, -0.05) is 0 Å². The molecule has 1 aromatic heterocycles. The molecule has 0 saturated carbocycles. The molecule has 1 fully saturated rings. The van der Waals surface area contributed by atoms with E-state index in [0.29, 0.717) is 5.69 Å². The molecule has 0 aromatic carbocycles. The van der Waals surface area contributed by atoms with E-state index in [-0.39, 0.29) is 6.04 Å². The molecule has 1 atom stereocenters. The van der Waals surface area contributed by atoms with Crippen LogP contribution in [0.15, 0.2) is 18.3 Å². The summed E-state index contributed by atoms with van der Waals surface area (Å²) in [6.45, 7) is 1.69. The van der Waals surface area contributed by atoms with Crippen LogP contribution in [-0.4, -0.2) is 22.5 Å². The first-order chi connectivity index (χ1) is 8.33. The molecule has 0 N–H and O–H groups in total. The Balaban J connectivity index is 2.09. The van der Waals surface area contributed by atoms with Crippen LogP contribution in [-0.2, 0) is 6.54 Å². The van der Waals surface area contributed by atoms with E-state index in [2.05, 4.69) is 16.0 Å². The lowest BCUT2D eigenvalue weighted by atomic mass is 10.0. The smallest absolute Gasteiger partial charge is 0.140 e. The van der Waals surface area contributed by atoms with Gasteiger partial charge in [-0.05, 0) is 43.5 Å². The summed E-state index contributed by atoms with van der Waals surface area (Å²) in [5.74, 6) is 0. The molecule has 4 nitrogen and oxygen atoms in total. The summed E-state index contributed by atoms with van der Waals surface area (Å²) in [5.41, 5.74) is 1.49. The predicted octanol–water partition coefficient (Wildman–Crippen LogP) is 1.83. The molecule has 4 heteroatoms. The molecule has 1 unspecified atom stereocenters. The van der Waals surface area contributed by atoms with Crippen LogP contribution in [0.1, 0.15) is 30.5 Å². The van der Waals surface area contributed by atoms with Gasteiger partial charge in [-0.15, -0.1) is 0 Å². The molecule has 2 heterocycles. The van der Waals surface area contributed by atoms with E-state index in [1.165, 1.54) is 0 Å². The first kappa shape index (κ1) is 11.6. The van der Waals surface area contributed by atoms with Crippen molar-refractivity contribution in [3.8, 4) is 12.1 Å². The summed E-state index contributed by atoms with van der Waals surface area (Å²) < 4.78 is 0. The van der Waals surface area contributed by atoms with Gasteiger partial charge in [0, 0.05) is 12.7 Å². The maximum Gasteiger partial charge on any atom is 0.140 e. The van der Waals surface area contributed by atoms with Gasteiger partial charge in [-0.2, -0.15) is 10.5 Å². The average Bonchev–Trinajstić information content (AvgIpc) is 2.39. The van der Waals surface area contributed by atoms with Gasteiger partial charge in [0.15, 0.2) is 0 Å². The maximum absolute atomic E-state index is 9.08. The lowest BCUT2D eigenvalue weighted by molar-refractivity contribution is 0.176. The largest absolute Gasteiger partial charge is 0.284 e. The van der Waals surface area contributed by atoms with Crippen LogP contribution in [0.25, 0.3) is 0 Å². The Morgan fingerprint density at radius 3 is 3.06 bits per heavy atom. The molecule has 0 amide bonds. The Morgan fingerprint density at radius 1 is 1.41 bits per heavy atom. The minimum Gasteiger partial charge on any atom is -0.284 e. The SMILES string of the molecule is N#Cc1cc(CN2CCCCC2C#N)ccn1. The maximum atomic E-state index is 9.08. The number of rotatable bonds is 2. The van der Waals surface area contributed by atoms with Crippen LogP contribution in [0.3, 0.4) is 0 Å². The van der Waals surface area contributed by atoms with E-state index < -0.39 is 0 Å². The molecule has 86 valence electrons. The van der Waals surface area contributed by atoms with E-state index in [1.807, 2.05) is 12.1 Å². The van der Waals surface area contributed by atoms with Crippen molar-refractivity contribution in [3.05, 3.63) is 29.6 Å². The van der Waals surface area contributed by atoms with Crippen molar-refractivity contribution in [1.29, 1.82) is 10.5 Å². The van der Waals surface area contributed by atoms with Crippen molar-refractivity contribution in [2.75, 3.05) is 6.54 Å². The number of nitrogens with zero attached hydrogens (tertiary/aromatic N) is 4. The van der Waals surface area contributed by atoms with E-state index >= 15 is 0 Å². The molecular weight excluding hydrogens is 212 g/mol. The molecule has 17 heavy (non-hydrogen) atoms. The third-order valence-corrected chi connectivity index (χ3v) is 3.09. The summed E-state index contributed by atoms with van der Waals surface area (Å²) in [5, 5.41) is 17.9. The van der Waals surface area contributed by atoms with Gasteiger partial charge in [-0.3, -0.25) is 4.90 Å². The van der Waals surface area contributed by atoms with Crippen LogP contribution < -0.4 is 0 Å². The number of pyridine rings is 1. The third kappa shape index (κ3) is 2.81. The molecule has 2 rings (SSSR count). The number of nitriles is 2. The topological polar surface area (TPSA) is 63.7 Å². The highest BCUT2D eigenvalue weighted by Gasteiger charge is 2.21. The zero-order valence-electron chi connectivity index (χ0n) is 9.63. The van der Waals surface area contributed by atoms with Crippen molar-refractivity contribution < 1.29 is 0 Å². The molecule has 0 spiro atoms. The Labute approximate surface area is 101 Å².